The molecular formula is C20H24ClN3O. The highest BCUT2D eigenvalue weighted by molar-refractivity contribution is 6.30. The van der Waals surface area contributed by atoms with Crippen LogP contribution in [0.4, 0.5) is 0 Å². The number of hydrogen-bond acceptors (Lipinski definition) is 3. The molecule has 0 saturated carbocycles. The molecule has 0 radical (unpaired) electrons. The lowest BCUT2D eigenvalue weighted by Gasteiger charge is -2.19. The predicted octanol–water partition coefficient (Wildman–Crippen LogP) is 3.54. The summed E-state index contributed by atoms with van der Waals surface area (Å²) in [5.41, 5.74) is 9.69. The number of amides is 1. The van der Waals surface area contributed by atoms with Gasteiger partial charge in [-0.05, 0) is 34.7 Å². The Balaban J connectivity index is 1.62. The molecule has 2 aromatic rings. The van der Waals surface area contributed by atoms with Gasteiger partial charge in [0.25, 0.3) is 0 Å². The Labute approximate surface area is 153 Å². The highest BCUT2D eigenvalue weighted by Crippen LogP contribution is 2.27. The second-order valence-electron chi connectivity index (χ2n) is 6.78. The third kappa shape index (κ3) is 4.40. The molecule has 0 bridgehead atoms. The smallest absolute Gasteiger partial charge is 0.226 e. The summed E-state index contributed by atoms with van der Waals surface area (Å²) in [6, 6.07) is 16.0. The average molecular weight is 358 g/mol. The Morgan fingerprint density at radius 3 is 2.68 bits per heavy atom. The summed E-state index contributed by atoms with van der Waals surface area (Å²) >= 11 is 6.08. The summed E-state index contributed by atoms with van der Waals surface area (Å²) < 4.78 is 0. The molecule has 2 aromatic carbocycles. The van der Waals surface area contributed by atoms with E-state index in [-0.39, 0.29) is 17.9 Å². The van der Waals surface area contributed by atoms with E-state index in [1.54, 1.807) is 0 Å². The minimum absolute atomic E-state index is 0.0374. The number of carbonyl (C=O) groups is 1. The Hall–Kier alpha value is -1.88. The van der Waals surface area contributed by atoms with Crippen molar-refractivity contribution in [1.82, 2.24) is 16.2 Å². The minimum atomic E-state index is -0.173. The van der Waals surface area contributed by atoms with Crippen LogP contribution in [0, 0.1) is 5.92 Å². The molecule has 1 fully saturated rings. The van der Waals surface area contributed by atoms with Crippen LogP contribution in [0.1, 0.15) is 42.5 Å². The number of nitrogens with one attached hydrogen (secondary N) is 3. The van der Waals surface area contributed by atoms with Crippen molar-refractivity contribution in [2.75, 3.05) is 6.54 Å². The van der Waals surface area contributed by atoms with Crippen LogP contribution >= 0.6 is 11.6 Å². The number of hydrazine groups is 1. The number of benzene rings is 2. The maximum Gasteiger partial charge on any atom is 0.226 e. The van der Waals surface area contributed by atoms with Gasteiger partial charge in [0.15, 0.2) is 0 Å². The second kappa shape index (κ2) is 8.00. The molecule has 1 saturated heterocycles. The van der Waals surface area contributed by atoms with Gasteiger partial charge in [-0.25, -0.2) is 5.43 Å². The van der Waals surface area contributed by atoms with E-state index >= 15 is 0 Å². The summed E-state index contributed by atoms with van der Waals surface area (Å²) in [6.07, 6.45) is 0. The molecule has 2 atom stereocenters. The first-order valence-electron chi connectivity index (χ1n) is 8.65. The van der Waals surface area contributed by atoms with E-state index in [9.17, 15) is 4.79 Å². The van der Waals surface area contributed by atoms with Gasteiger partial charge >= 0.3 is 0 Å². The Kier molecular flexibility index (Phi) is 5.74. The standard InChI is InChI=1S/C20H24ClN3O/c1-13(2)15-8-6-14(7-9-15)11-22-20(25)18-12-23-24-19(18)16-4-3-5-17(21)10-16/h3-10,13,18-19,23-24H,11-12H2,1-2H3,(H,22,25). The number of hydrogen-bond donors (Lipinski definition) is 3. The van der Waals surface area contributed by atoms with Crippen LogP contribution < -0.4 is 16.2 Å². The van der Waals surface area contributed by atoms with Gasteiger partial charge in [0.1, 0.15) is 0 Å². The molecular weight excluding hydrogens is 334 g/mol. The van der Waals surface area contributed by atoms with E-state index in [1.807, 2.05) is 24.3 Å². The van der Waals surface area contributed by atoms with Crippen LogP contribution in [-0.4, -0.2) is 12.5 Å². The Bertz CT molecular complexity index is 730. The fraction of sp³-hybridized carbons (Fsp3) is 0.350. The van der Waals surface area contributed by atoms with Gasteiger partial charge in [0.2, 0.25) is 5.91 Å². The van der Waals surface area contributed by atoms with Crippen molar-refractivity contribution >= 4 is 17.5 Å². The van der Waals surface area contributed by atoms with Crippen LogP contribution in [0.15, 0.2) is 48.5 Å². The zero-order valence-corrected chi connectivity index (χ0v) is 15.3. The number of carbonyl (C=O) groups excluding carboxylic acids is 1. The van der Waals surface area contributed by atoms with E-state index in [4.69, 9.17) is 11.6 Å². The second-order valence-corrected chi connectivity index (χ2v) is 7.21. The first-order chi connectivity index (χ1) is 12.0. The lowest BCUT2D eigenvalue weighted by molar-refractivity contribution is -0.125. The molecule has 25 heavy (non-hydrogen) atoms. The molecule has 1 aliphatic rings. The van der Waals surface area contributed by atoms with Gasteiger partial charge in [0.05, 0.1) is 12.0 Å². The largest absolute Gasteiger partial charge is 0.352 e. The first-order valence-corrected chi connectivity index (χ1v) is 9.03. The molecule has 5 heteroatoms. The zero-order chi connectivity index (χ0) is 17.8. The lowest BCUT2D eigenvalue weighted by Crippen LogP contribution is -2.34. The molecule has 0 aliphatic carbocycles. The van der Waals surface area contributed by atoms with Gasteiger partial charge in [0, 0.05) is 18.1 Å². The summed E-state index contributed by atoms with van der Waals surface area (Å²) in [6.45, 7) is 5.48. The van der Waals surface area contributed by atoms with Crippen molar-refractivity contribution in [2.45, 2.75) is 32.4 Å². The molecule has 1 heterocycles. The molecule has 3 N–H and O–H groups in total. The van der Waals surface area contributed by atoms with E-state index in [2.05, 4.69) is 54.3 Å². The molecule has 3 rings (SSSR count). The predicted molar refractivity (Wildman–Crippen MR) is 101 cm³/mol. The monoisotopic (exact) mass is 357 g/mol. The van der Waals surface area contributed by atoms with E-state index in [1.165, 1.54) is 5.56 Å². The fourth-order valence-corrected chi connectivity index (χ4v) is 3.30. The minimum Gasteiger partial charge on any atom is -0.352 e. The summed E-state index contributed by atoms with van der Waals surface area (Å²) in [4.78, 5) is 12.6. The molecule has 132 valence electrons. The van der Waals surface area contributed by atoms with Crippen molar-refractivity contribution in [3.8, 4) is 0 Å². The Morgan fingerprint density at radius 2 is 2.00 bits per heavy atom. The van der Waals surface area contributed by atoms with Crippen LogP contribution in [0.3, 0.4) is 0 Å². The Morgan fingerprint density at radius 1 is 1.24 bits per heavy atom. The van der Waals surface area contributed by atoms with E-state index in [0.29, 0.717) is 24.0 Å². The maximum atomic E-state index is 12.6. The average Bonchev–Trinajstić information content (AvgIpc) is 3.10. The van der Waals surface area contributed by atoms with Gasteiger partial charge < -0.3 is 5.32 Å². The molecule has 1 aliphatic heterocycles. The summed E-state index contributed by atoms with van der Waals surface area (Å²) in [7, 11) is 0. The quantitative estimate of drug-likeness (QED) is 0.767. The van der Waals surface area contributed by atoms with Crippen molar-refractivity contribution in [3.63, 3.8) is 0 Å². The van der Waals surface area contributed by atoms with Crippen LogP contribution in [-0.2, 0) is 11.3 Å². The zero-order valence-electron chi connectivity index (χ0n) is 14.6. The summed E-state index contributed by atoms with van der Waals surface area (Å²) in [5.74, 6) is 0.376. The lowest BCUT2D eigenvalue weighted by atomic mass is 9.94. The van der Waals surface area contributed by atoms with Crippen molar-refractivity contribution in [3.05, 3.63) is 70.2 Å². The molecule has 4 nitrogen and oxygen atoms in total. The summed E-state index contributed by atoms with van der Waals surface area (Å²) in [5, 5.41) is 3.73. The molecule has 0 spiro atoms. The van der Waals surface area contributed by atoms with Crippen LogP contribution in [0.2, 0.25) is 5.02 Å². The first kappa shape index (κ1) is 17.9. The van der Waals surface area contributed by atoms with Crippen molar-refractivity contribution in [2.24, 2.45) is 5.92 Å². The highest BCUT2D eigenvalue weighted by atomic mass is 35.5. The van der Waals surface area contributed by atoms with E-state index in [0.717, 1.165) is 11.1 Å². The van der Waals surface area contributed by atoms with Crippen molar-refractivity contribution < 1.29 is 4.79 Å². The molecule has 2 unspecified atom stereocenters. The topological polar surface area (TPSA) is 53.2 Å². The third-order valence-corrected chi connectivity index (χ3v) is 4.87. The number of halogens is 1. The van der Waals surface area contributed by atoms with E-state index < -0.39 is 0 Å². The molecule has 1 amide bonds. The van der Waals surface area contributed by atoms with Gasteiger partial charge in [-0.15, -0.1) is 0 Å². The van der Waals surface area contributed by atoms with Crippen LogP contribution in [0.5, 0.6) is 0 Å². The third-order valence-electron chi connectivity index (χ3n) is 4.64. The van der Waals surface area contributed by atoms with Crippen LogP contribution in [0.25, 0.3) is 0 Å². The molecule has 0 aromatic heterocycles. The fourth-order valence-electron chi connectivity index (χ4n) is 3.10. The van der Waals surface area contributed by atoms with Gasteiger partial charge in [-0.1, -0.05) is 61.8 Å². The normalized spacial score (nSPS) is 20.0. The maximum absolute atomic E-state index is 12.6. The number of rotatable bonds is 5. The van der Waals surface area contributed by atoms with Crippen molar-refractivity contribution in [1.29, 1.82) is 0 Å². The SMILES string of the molecule is CC(C)c1ccc(CNC(=O)C2CNNC2c2cccc(Cl)c2)cc1. The highest BCUT2D eigenvalue weighted by Gasteiger charge is 2.33. The van der Waals surface area contributed by atoms with Gasteiger partial charge in [-0.2, -0.15) is 0 Å². The van der Waals surface area contributed by atoms with Gasteiger partial charge in [-0.3, -0.25) is 10.2 Å².